The Morgan fingerprint density at radius 3 is 2.69 bits per heavy atom. The molecule has 0 spiro atoms. The van der Waals surface area contributed by atoms with Crippen LogP contribution in [0.3, 0.4) is 0 Å². The zero-order valence-corrected chi connectivity index (χ0v) is 18.3. The molecule has 3 aromatic rings. The molecule has 0 saturated heterocycles. The zero-order chi connectivity index (χ0) is 22.1. The Hall–Kier alpha value is -3.06. The van der Waals surface area contributed by atoms with Crippen LogP contribution < -0.4 is 10.6 Å². The highest BCUT2D eigenvalue weighted by Crippen LogP contribution is 2.45. The van der Waals surface area contributed by atoms with Crippen molar-refractivity contribution < 1.29 is 9.18 Å². The van der Waals surface area contributed by atoms with E-state index in [2.05, 4.69) is 26.4 Å². The maximum absolute atomic E-state index is 13.6. The van der Waals surface area contributed by atoms with Gasteiger partial charge in [0.15, 0.2) is 0 Å². The zero-order valence-electron chi connectivity index (χ0n) is 18.3. The number of benzene rings is 1. The predicted molar refractivity (Wildman–Crippen MR) is 123 cm³/mol. The molecule has 6 nitrogen and oxygen atoms in total. The number of nitrogens with one attached hydrogen (secondary N) is 2. The Morgan fingerprint density at radius 2 is 1.94 bits per heavy atom. The first-order valence-electron chi connectivity index (χ1n) is 11.4. The van der Waals surface area contributed by atoms with Crippen LogP contribution in [0.1, 0.15) is 56.2 Å². The molecule has 1 amide bonds. The second-order valence-electron chi connectivity index (χ2n) is 8.71. The largest absolute Gasteiger partial charge is 0.311 e. The fourth-order valence-corrected chi connectivity index (χ4v) is 5.11. The molecular formula is C25H28FN5O. The van der Waals surface area contributed by atoms with Crippen molar-refractivity contribution in [3.05, 3.63) is 53.6 Å². The Balaban J connectivity index is 1.74. The van der Waals surface area contributed by atoms with E-state index in [0.717, 1.165) is 59.6 Å². The summed E-state index contributed by atoms with van der Waals surface area (Å²) >= 11 is 0. The first kappa shape index (κ1) is 20.8. The van der Waals surface area contributed by atoms with E-state index in [-0.39, 0.29) is 11.7 Å². The van der Waals surface area contributed by atoms with E-state index in [4.69, 9.17) is 5.10 Å². The highest BCUT2D eigenvalue weighted by atomic mass is 19.1. The molecule has 7 heteroatoms. The van der Waals surface area contributed by atoms with Crippen molar-refractivity contribution in [3.63, 3.8) is 0 Å². The molecule has 2 aromatic heterocycles. The van der Waals surface area contributed by atoms with Gasteiger partial charge in [-0.25, -0.2) is 9.37 Å². The van der Waals surface area contributed by atoms with Gasteiger partial charge in [-0.05, 0) is 54.7 Å². The third-order valence-corrected chi connectivity index (χ3v) is 6.54. The molecule has 166 valence electrons. The lowest BCUT2D eigenvalue weighted by Gasteiger charge is -2.27. The van der Waals surface area contributed by atoms with Crippen molar-refractivity contribution in [3.8, 4) is 22.4 Å². The number of rotatable bonds is 4. The summed E-state index contributed by atoms with van der Waals surface area (Å²) in [5, 5.41) is 11.4. The topological polar surface area (TPSA) is 71.8 Å². The van der Waals surface area contributed by atoms with E-state index in [1.54, 1.807) is 18.3 Å². The lowest BCUT2D eigenvalue weighted by Crippen LogP contribution is -2.28. The second kappa shape index (κ2) is 8.82. The molecule has 2 aliphatic rings. The standard InChI is InChI=1S/C25H28FN5O/c1-16(32)29-25-22(17-5-3-2-4-6-17)20(11-12-28-25)23-21-15-27-13-14-31(21)30-24(23)18-7-9-19(26)10-8-18/h7-12,17,27H,2-6,13-15H2,1H3,(H,28,29,32). The molecule has 2 N–H and O–H groups in total. The summed E-state index contributed by atoms with van der Waals surface area (Å²) in [6, 6.07) is 8.59. The Bertz CT molecular complexity index is 1130. The molecule has 1 aliphatic carbocycles. The highest BCUT2D eigenvalue weighted by molar-refractivity contribution is 5.92. The number of hydrogen-bond acceptors (Lipinski definition) is 4. The van der Waals surface area contributed by atoms with Crippen LogP contribution in [0.4, 0.5) is 10.2 Å². The molecular weight excluding hydrogens is 405 g/mol. The summed E-state index contributed by atoms with van der Waals surface area (Å²) < 4.78 is 15.7. The minimum absolute atomic E-state index is 0.121. The first-order valence-corrected chi connectivity index (χ1v) is 11.4. The molecule has 1 aliphatic heterocycles. The average molecular weight is 434 g/mol. The number of nitrogens with zero attached hydrogens (tertiary/aromatic N) is 3. The van der Waals surface area contributed by atoms with Gasteiger partial charge in [0.05, 0.1) is 12.2 Å². The summed E-state index contributed by atoms with van der Waals surface area (Å²) in [7, 11) is 0. The molecule has 0 unspecified atom stereocenters. The predicted octanol–water partition coefficient (Wildman–Crippen LogP) is 4.86. The Kier molecular flexibility index (Phi) is 5.74. The van der Waals surface area contributed by atoms with Gasteiger partial charge in [0.25, 0.3) is 0 Å². The van der Waals surface area contributed by atoms with E-state index in [9.17, 15) is 9.18 Å². The number of anilines is 1. The van der Waals surface area contributed by atoms with Crippen LogP contribution in [0.15, 0.2) is 36.5 Å². The SMILES string of the molecule is CC(=O)Nc1nccc(-c2c(-c3ccc(F)cc3)nn3c2CNCC3)c1C1CCCCC1. The van der Waals surface area contributed by atoms with Crippen LogP contribution in [0.2, 0.25) is 0 Å². The minimum Gasteiger partial charge on any atom is -0.311 e. The van der Waals surface area contributed by atoms with Gasteiger partial charge >= 0.3 is 0 Å². The second-order valence-corrected chi connectivity index (χ2v) is 8.71. The van der Waals surface area contributed by atoms with Crippen molar-refractivity contribution in [2.24, 2.45) is 0 Å². The number of halogens is 1. The lowest BCUT2D eigenvalue weighted by molar-refractivity contribution is -0.114. The van der Waals surface area contributed by atoms with Crippen molar-refractivity contribution in [1.29, 1.82) is 0 Å². The van der Waals surface area contributed by atoms with Crippen LogP contribution in [0.25, 0.3) is 22.4 Å². The van der Waals surface area contributed by atoms with Crippen LogP contribution in [-0.4, -0.2) is 27.2 Å². The molecule has 0 atom stereocenters. The van der Waals surface area contributed by atoms with Gasteiger partial charge < -0.3 is 10.6 Å². The number of carbonyl (C=O) groups is 1. The fraction of sp³-hybridized carbons (Fsp3) is 0.400. The van der Waals surface area contributed by atoms with Crippen molar-refractivity contribution in [2.75, 3.05) is 11.9 Å². The number of pyridine rings is 1. The number of aromatic nitrogens is 3. The van der Waals surface area contributed by atoms with Crippen molar-refractivity contribution in [2.45, 2.75) is 58.0 Å². The first-order chi connectivity index (χ1) is 15.6. The number of hydrogen-bond donors (Lipinski definition) is 2. The summed E-state index contributed by atoms with van der Waals surface area (Å²) in [5.74, 6) is 0.600. The monoisotopic (exact) mass is 433 g/mol. The number of fused-ring (bicyclic) bond motifs is 1. The molecule has 1 saturated carbocycles. The van der Waals surface area contributed by atoms with Crippen molar-refractivity contribution in [1.82, 2.24) is 20.1 Å². The third kappa shape index (κ3) is 3.93. The van der Waals surface area contributed by atoms with Gasteiger partial charge in [-0.2, -0.15) is 5.10 Å². The normalized spacial score (nSPS) is 16.6. The summed E-state index contributed by atoms with van der Waals surface area (Å²) in [5.41, 5.74) is 6.08. The summed E-state index contributed by atoms with van der Waals surface area (Å²) in [6.07, 6.45) is 7.53. The average Bonchev–Trinajstić information content (AvgIpc) is 3.19. The van der Waals surface area contributed by atoms with E-state index < -0.39 is 0 Å². The van der Waals surface area contributed by atoms with E-state index >= 15 is 0 Å². The maximum atomic E-state index is 13.6. The quantitative estimate of drug-likeness (QED) is 0.616. The highest BCUT2D eigenvalue weighted by Gasteiger charge is 2.29. The van der Waals surface area contributed by atoms with Crippen LogP contribution in [0.5, 0.6) is 0 Å². The Morgan fingerprint density at radius 1 is 1.16 bits per heavy atom. The summed E-state index contributed by atoms with van der Waals surface area (Å²) in [4.78, 5) is 16.6. The third-order valence-electron chi connectivity index (χ3n) is 6.54. The van der Waals surface area contributed by atoms with Gasteiger partial charge in [-0.15, -0.1) is 0 Å². The van der Waals surface area contributed by atoms with E-state index in [1.807, 2.05) is 0 Å². The van der Waals surface area contributed by atoms with E-state index in [1.165, 1.54) is 38.3 Å². The molecule has 0 radical (unpaired) electrons. The van der Waals surface area contributed by atoms with Gasteiger partial charge in [-0.3, -0.25) is 9.48 Å². The molecule has 32 heavy (non-hydrogen) atoms. The van der Waals surface area contributed by atoms with Crippen LogP contribution >= 0.6 is 0 Å². The minimum atomic E-state index is -0.263. The van der Waals surface area contributed by atoms with Gasteiger partial charge in [-0.1, -0.05) is 19.3 Å². The van der Waals surface area contributed by atoms with Gasteiger partial charge in [0.2, 0.25) is 5.91 Å². The van der Waals surface area contributed by atoms with Crippen LogP contribution in [-0.2, 0) is 17.9 Å². The molecule has 0 bridgehead atoms. The molecule has 1 aromatic carbocycles. The van der Waals surface area contributed by atoms with Crippen molar-refractivity contribution >= 4 is 11.7 Å². The van der Waals surface area contributed by atoms with Crippen LogP contribution in [0, 0.1) is 5.82 Å². The lowest BCUT2D eigenvalue weighted by atomic mass is 9.80. The summed E-state index contributed by atoms with van der Waals surface area (Å²) in [6.45, 7) is 3.88. The van der Waals surface area contributed by atoms with Gasteiger partial charge in [0.1, 0.15) is 17.3 Å². The number of carbonyl (C=O) groups excluding carboxylic acids is 1. The molecule has 1 fully saturated rings. The smallest absolute Gasteiger partial charge is 0.222 e. The maximum Gasteiger partial charge on any atom is 0.222 e. The van der Waals surface area contributed by atoms with E-state index in [0.29, 0.717) is 18.3 Å². The molecule has 5 rings (SSSR count). The Labute approximate surface area is 187 Å². The van der Waals surface area contributed by atoms with Gasteiger partial charge in [0, 0.05) is 42.9 Å². The number of amides is 1. The molecule has 3 heterocycles. The fourth-order valence-electron chi connectivity index (χ4n) is 5.11.